The van der Waals surface area contributed by atoms with E-state index >= 15 is 0 Å². The van der Waals surface area contributed by atoms with Gasteiger partial charge in [0.05, 0.1) is 10.3 Å². The van der Waals surface area contributed by atoms with Crippen LogP contribution >= 0.6 is 24.0 Å². The molecular formula is C18H30IN5O3S. The highest BCUT2D eigenvalue weighted by molar-refractivity contribution is 14.0. The van der Waals surface area contributed by atoms with Crippen LogP contribution in [0.25, 0.3) is 0 Å². The largest absolute Gasteiger partial charge is 0.355 e. The number of hydrogen-bond acceptors (Lipinski definition) is 4. The van der Waals surface area contributed by atoms with Gasteiger partial charge in [0.1, 0.15) is 0 Å². The Morgan fingerprint density at radius 2 is 1.89 bits per heavy atom. The lowest BCUT2D eigenvalue weighted by Gasteiger charge is -2.31. The summed E-state index contributed by atoms with van der Waals surface area (Å²) in [6.07, 6.45) is 3.83. The van der Waals surface area contributed by atoms with Gasteiger partial charge < -0.3 is 15.5 Å². The summed E-state index contributed by atoms with van der Waals surface area (Å²) in [6.45, 7) is 0.901. The van der Waals surface area contributed by atoms with Gasteiger partial charge in [-0.25, -0.2) is 13.6 Å². The van der Waals surface area contributed by atoms with Crippen molar-refractivity contribution in [2.24, 2.45) is 15.5 Å². The molecule has 1 aliphatic rings. The van der Waals surface area contributed by atoms with Crippen molar-refractivity contribution >= 4 is 45.9 Å². The van der Waals surface area contributed by atoms with E-state index in [1.54, 1.807) is 32.1 Å². The zero-order valence-electron chi connectivity index (χ0n) is 16.6. The van der Waals surface area contributed by atoms with Crippen LogP contribution in [0.15, 0.2) is 34.2 Å². The Morgan fingerprint density at radius 1 is 1.25 bits per heavy atom. The summed E-state index contributed by atoms with van der Waals surface area (Å²) in [5, 5.41) is 11.6. The molecule has 158 valence electrons. The molecule has 1 saturated carbocycles. The first kappa shape index (κ1) is 24.6. The molecule has 1 aromatic carbocycles. The summed E-state index contributed by atoms with van der Waals surface area (Å²) >= 11 is 0. The second-order valence-corrected chi connectivity index (χ2v) is 8.72. The molecule has 0 atom stereocenters. The van der Waals surface area contributed by atoms with Gasteiger partial charge in [-0.1, -0.05) is 25.0 Å². The van der Waals surface area contributed by atoms with Gasteiger partial charge in [0.15, 0.2) is 5.96 Å². The lowest BCUT2D eigenvalue weighted by molar-refractivity contribution is -0.138. The summed E-state index contributed by atoms with van der Waals surface area (Å²) in [5.41, 5.74) is 0.374. The number of aliphatic imine (C=N–C) groups is 1. The van der Waals surface area contributed by atoms with Crippen LogP contribution in [0.2, 0.25) is 0 Å². The van der Waals surface area contributed by atoms with Gasteiger partial charge in [-0.15, -0.1) is 24.0 Å². The SMILES string of the molecule is CN=C(NCc1cccc(S(N)(=O)=O)c1)NCC1(C(=O)N(C)C)CCCC1.I. The number of guanidine groups is 1. The minimum absolute atomic E-state index is 0. The van der Waals surface area contributed by atoms with E-state index in [4.69, 9.17) is 5.14 Å². The molecule has 28 heavy (non-hydrogen) atoms. The number of benzene rings is 1. The summed E-state index contributed by atoms with van der Waals surface area (Å²) in [7, 11) is 1.50. The van der Waals surface area contributed by atoms with Gasteiger partial charge in [0.2, 0.25) is 15.9 Å². The predicted molar refractivity (Wildman–Crippen MR) is 121 cm³/mol. The number of sulfonamides is 1. The van der Waals surface area contributed by atoms with Crippen LogP contribution in [0.4, 0.5) is 0 Å². The Kier molecular flexibility index (Phi) is 9.15. The molecule has 0 bridgehead atoms. The molecule has 0 aliphatic heterocycles. The van der Waals surface area contributed by atoms with Crippen LogP contribution in [-0.2, 0) is 21.4 Å². The van der Waals surface area contributed by atoms with E-state index < -0.39 is 15.4 Å². The molecular weight excluding hydrogens is 493 g/mol. The van der Waals surface area contributed by atoms with Crippen LogP contribution < -0.4 is 15.8 Å². The van der Waals surface area contributed by atoms with Crippen LogP contribution in [-0.4, -0.2) is 52.9 Å². The predicted octanol–water partition coefficient (Wildman–Crippen LogP) is 1.27. The number of nitrogens with zero attached hydrogens (tertiary/aromatic N) is 2. The summed E-state index contributed by atoms with van der Waals surface area (Å²) in [5.74, 6) is 0.706. The third kappa shape index (κ3) is 6.31. The van der Waals surface area contributed by atoms with Crippen LogP contribution in [0.1, 0.15) is 31.2 Å². The van der Waals surface area contributed by atoms with Crippen molar-refractivity contribution in [1.29, 1.82) is 0 Å². The Labute approximate surface area is 184 Å². The van der Waals surface area contributed by atoms with Crippen LogP contribution in [0.3, 0.4) is 0 Å². The van der Waals surface area contributed by atoms with Gasteiger partial charge in [-0.3, -0.25) is 9.79 Å². The number of hydrogen-bond donors (Lipinski definition) is 3. The molecule has 0 saturated heterocycles. The molecule has 4 N–H and O–H groups in total. The molecule has 0 spiro atoms. The molecule has 0 heterocycles. The Hall–Kier alpha value is -1.40. The number of nitrogens with one attached hydrogen (secondary N) is 2. The number of nitrogens with two attached hydrogens (primary N) is 1. The molecule has 1 amide bonds. The fourth-order valence-electron chi connectivity index (χ4n) is 3.48. The maximum atomic E-state index is 12.6. The zero-order chi connectivity index (χ0) is 20.1. The minimum Gasteiger partial charge on any atom is -0.355 e. The standard InChI is InChI=1S/C18H29N5O3S.HI/c1-20-17(21-12-14-7-6-8-15(11-14)27(19,25)26)22-13-18(9-4-5-10-18)16(24)23(2)3;/h6-8,11H,4-5,9-10,12-13H2,1-3H3,(H2,19,25,26)(H2,20,21,22);1H. The average Bonchev–Trinajstić information content (AvgIpc) is 3.10. The summed E-state index contributed by atoms with van der Waals surface area (Å²) in [4.78, 5) is 18.6. The van der Waals surface area contributed by atoms with Crippen molar-refractivity contribution in [2.45, 2.75) is 37.1 Å². The summed E-state index contributed by atoms with van der Waals surface area (Å²) in [6, 6.07) is 6.45. The first-order valence-corrected chi connectivity index (χ1v) is 10.5. The number of halogens is 1. The van der Waals surface area contributed by atoms with Gasteiger partial charge in [0, 0.05) is 34.2 Å². The van der Waals surface area contributed by atoms with E-state index in [2.05, 4.69) is 15.6 Å². The monoisotopic (exact) mass is 523 g/mol. The highest BCUT2D eigenvalue weighted by atomic mass is 127. The van der Waals surface area contributed by atoms with Gasteiger partial charge in [-0.2, -0.15) is 0 Å². The lowest BCUT2D eigenvalue weighted by Crippen LogP contribution is -2.49. The Bertz CT molecular complexity index is 805. The number of rotatable bonds is 6. The van der Waals surface area contributed by atoms with Crippen molar-refractivity contribution in [3.05, 3.63) is 29.8 Å². The van der Waals surface area contributed by atoms with Crippen LogP contribution in [0.5, 0.6) is 0 Å². The highest BCUT2D eigenvalue weighted by Gasteiger charge is 2.42. The van der Waals surface area contributed by atoms with Crippen molar-refractivity contribution in [1.82, 2.24) is 15.5 Å². The molecule has 0 aromatic heterocycles. The van der Waals surface area contributed by atoms with E-state index in [1.807, 2.05) is 6.07 Å². The Morgan fingerprint density at radius 3 is 2.43 bits per heavy atom. The summed E-state index contributed by atoms with van der Waals surface area (Å²) < 4.78 is 22.9. The van der Waals surface area contributed by atoms with E-state index in [0.29, 0.717) is 19.0 Å². The normalized spacial score (nSPS) is 16.2. The zero-order valence-corrected chi connectivity index (χ0v) is 19.7. The second-order valence-electron chi connectivity index (χ2n) is 7.16. The van der Waals surface area contributed by atoms with E-state index in [-0.39, 0.29) is 34.8 Å². The molecule has 1 fully saturated rings. The quantitative estimate of drug-likeness (QED) is 0.295. The van der Waals surface area contributed by atoms with E-state index in [9.17, 15) is 13.2 Å². The number of amides is 1. The third-order valence-corrected chi connectivity index (χ3v) is 5.84. The number of carbonyl (C=O) groups excluding carboxylic acids is 1. The first-order chi connectivity index (χ1) is 12.7. The molecule has 8 nitrogen and oxygen atoms in total. The van der Waals surface area contributed by atoms with Gasteiger partial charge in [0.25, 0.3) is 0 Å². The van der Waals surface area contributed by atoms with Crippen molar-refractivity contribution in [3.8, 4) is 0 Å². The molecule has 0 radical (unpaired) electrons. The fraction of sp³-hybridized carbons (Fsp3) is 0.556. The second kappa shape index (κ2) is 10.4. The molecule has 0 unspecified atom stereocenters. The lowest BCUT2D eigenvalue weighted by atomic mass is 9.84. The van der Waals surface area contributed by atoms with Crippen LogP contribution in [0, 0.1) is 5.41 Å². The smallest absolute Gasteiger partial charge is 0.238 e. The van der Waals surface area contributed by atoms with Gasteiger partial charge in [-0.05, 0) is 30.5 Å². The van der Waals surface area contributed by atoms with Crippen molar-refractivity contribution in [3.63, 3.8) is 0 Å². The molecule has 1 aliphatic carbocycles. The maximum absolute atomic E-state index is 12.6. The van der Waals surface area contributed by atoms with Gasteiger partial charge >= 0.3 is 0 Å². The maximum Gasteiger partial charge on any atom is 0.238 e. The fourth-order valence-corrected chi connectivity index (χ4v) is 4.07. The Balaban J connectivity index is 0.00000392. The topological polar surface area (TPSA) is 117 Å². The highest BCUT2D eigenvalue weighted by Crippen LogP contribution is 2.38. The van der Waals surface area contributed by atoms with E-state index in [0.717, 1.165) is 31.2 Å². The molecule has 1 aromatic rings. The van der Waals surface area contributed by atoms with Crippen molar-refractivity contribution < 1.29 is 13.2 Å². The minimum atomic E-state index is -3.73. The molecule has 10 heteroatoms. The third-order valence-electron chi connectivity index (χ3n) is 4.93. The van der Waals surface area contributed by atoms with E-state index in [1.165, 1.54) is 12.1 Å². The first-order valence-electron chi connectivity index (χ1n) is 8.96. The molecule has 2 rings (SSSR count). The van der Waals surface area contributed by atoms with Crippen molar-refractivity contribution in [2.75, 3.05) is 27.7 Å². The number of primary sulfonamides is 1. The average molecular weight is 523 g/mol. The number of carbonyl (C=O) groups is 1.